The van der Waals surface area contributed by atoms with Gasteiger partial charge in [-0.2, -0.15) is 0 Å². The molecule has 1 unspecified atom stereocenters. The van der Waals surface area contributed by atoms with Gasteiger partial charge in [-0.1, -0.05) is 12.5 Å². The third-order valence-electron chi connectivity index (χ3n) is 4.38. The van der Waals surface area contributed by atoms with Gasteiger partial charge < -0.3 is 5.11 Å². The molecule has 2 nitrogen and oxygen atoms in total. The van der Waals surface area contributed by atoms with Gasteiger partial charge in [0.2, 0.25) is 0 Å². The molecule has 0 amide bonds. The summed E-state index contributed by atoms with van der Waals surface area (Å²) in [6.07, 6.45) is 2.96. The van der Waals surface area contributed by atoms with Crippen LogP contribution in [0.25, 0.3) is 0 Å². The third kappa shape index (κ3) is 2.98. The number of rotatable bonds is 3. The molecule has 1 heterocycles. The van der Waals surface area contributed by atoms with Crippen LogP contribution in [0.3, 0.4) is 0 Å². The lowest BCUT2D eigenvalue weighted by molar-refractivity contribution is -0.0213. The van der Waals surface area contributed by atoms with Gasteiger partial charge >= 0.3 is 0 Å². The molecule has 1 saturated heterocycles. The van der Waals surface area contributed by atoms with Gasteiger partial charge in [-0.3, -0.25) is 4.90 Å². The van der Waals surface area contributed by atoms with E-state index in [1.807, 2.05) is 20.8 Å². The molecular weight excluding hydrogens is 241 g/mol. The number of aliphatic hydroxyl groups excluding tert-OH is 1. The van der Waals surface area contributed by atoms with Crippen LogP contribution in [-0.4, -0.2) is 28.6 Å². The van der Waals surface area contributed by atoms with Crippen molar-refractivity contribution in [3.05, 3.63) is 35.1 Å². The second kappa shape index (κ2) is 5.59. The van der Waals surface area contributed by atoms with Crippen molar-refractivity contribution in [2.45, 2.75) is 51.7 Å². The molecule has 0 spiro atoms. The van der Waals surface area contributed by atoms with Crippen LogP contribution in [0.1, 0.15) is 50.3 Å². The van der Waals surface area contributed by atoms with E-state index in [2.05, 4.69) is 4.90 Å². The molecule has 1 atom stereocenters. The lowest BCUT2D eigenvalue weighted by Gasteiger charge is -2.44. The van der Waals surface area contributed by atoms with E-state index >= 15 is 0 Å². The summed E-state index contributed by atoms with van der Waals surface area (Å²) in [6.45, 7) is 8.04. The molecule has 0 saturated carbocycles. The Labute approximate surface area is 115 Å². The van der Waals surface area contributed by atoms with Crippen LogP contribution in [0, 0.1) is 12.7 Å². The summed E-state index contributed by atoms with van der Waals surface area (Å²) in [4.78, 5) is 2.32. The van der Waals surface area contributed by atoms with Gasteiger partial charge in [0.05, 0.1) is 6.10 Å². The van der Waals surface area contributed by atoms with E-state index in [-0.39, 0.29) is 11.4 Å². The van der Waals surface area contributed by atoms with Crippen LogP contribution in [0.4, 0.5) is 4.39 Å². The zero-order valence-electron chi connectivity index (χ0n) is 12.1. The highest BCUT2D eigenvalue weighted by atomic mass is 19.1. The molecule has 19 heavy (non-hydrogen) atoms. The third-order valence-corrected chi connectivity index (χ3v) is 4.38. The second-order valence-corrected chi connectivity index (χ2v) is 6.10. The summed E-state index contributed by atoms with van der Waals surface area (Å²) in [5, 5.41) is 10.7. The van der Waals surface area contributed by atoms with Crippen LogP contribution in [-0.2, 0) is 0 Å². The smallest absolute Gasteiger partial charge is 0.123 e. The van der Waals surface area contributed by atoms with Gasteiger partial charge in [0.15, 0.2) is 0 Å². The highest BCUT2D eigenvalue weighted by Crippen LogP contribution is 2.34. The first kappa shape index (κ1) is 14.5. The van der Waals surface area contributed by atoms with Gasteiger partial charge in [-0.15, -0.1) is 0 Å². The van der Waals surface area contributed by atoms with Crippen molar-refractivity contribution in [3.8, 4) is 0 Å². The minimum atomic E-state index is -0.665. The van der Waals surface area contributed by atoms with Crippen molar-refractivity contribution in [1.29, 1.82) is 0 Å². The molecule has 0 aromatic heterocycles. The van der Waals surface area contributed by atoms with Crippen LogP contribution >= 0.6 is 0 Å². The minimum absolute atomic E-state index is 0.283. The van der Waals surface area contributed by atoms with Crippen molar-refractivity contribution >= 4 is 0 Å². The molecular formula is C16H24FNO. The molecule has 1 fully saturated rings. The number of nitrogens with zero attached hydrogens (tertiary/aromatic N) is 1. The predicted molar refractivity (Wildman–Crippen MR) is 75.6 cm³/mol. The second-order valence-electron chi connectivity index (χ2n) is 6.10. The van der Waals surface area contributed by atoms with E-state index in [1.165, 1.54) is 31.4 Å². The number of aryl methyl sites for hydroxylation is 1. The highest BCUT2D eigenvalue weighted by molar-refractivity contribution is 5.30. The summed E-state index contributed by atoms with van der Waals surface area (Å²) >= 11 is 0. The van der Waals surface area contributed by atoms with Crippen LogP contribution < -0.4 is 0 Å². The molecule has 1 N–H and O–H groups in total. The summed E-state index contributed by atoms with van der Waals surface area (Å²) in [6, 6.07) is 4.64. The normalized spacial score (nSPS) is 19.4. The molecule has 2 rings (SSSR count). The largest absolute Gasteiger partial charge is 0.386 e. The number of aliphatic hydroxyl groups is 1. The Bertz CT molecular complexity index is 438. The maximum Gasteiger partial charge on any atom is 0.123 e. The van der Waals surface area contributed by atoms with Gasteiger partial charge in [0.1, 0.15) is 5.82 Å². The molecule has 0 bridgehead atoms. The molecule has 1 aliphatic heterocycles. The average molecular weight is 265 g/mol. The molecule has 1 aliphatic rings. The topological polar surface area (TPSA) is 23.5 Å². The number of likely N-dealkylation sites (tertiary alicyclic amines) is 1. The maximum absolute atomic E-state index is 13.4. The van der Waals surface area contributed by atoms with Crippen molar-refractivity contribution in [2.75, 3.05) is 13.1 Å². The molecule has 1 aromatic rings. The fraction of sp³-hybridized carbons (Fsp3) is 0.625. The standard InChI is InChI=1S/C16H24FNO/c1-12-7-8-13(17)11-14(12)15(19)16(2,3)18-9-5-4-6-10-18/h7-8,11,15,19H,4-6,9-10H2,1-3H3. The quantitative estimate of drug-likeness (QED) is 0.905. The molecule has 106 valence electrons. The Morgan fingerprint density at radius 3 is 2.47 bits per heavy atom. The van der Waals surface area contributed by atoms with Crippen LogP contribution in [0.2, 0.25) is 0 Å². The van der Waals surface area contributed by atoms with E-state index in [1.54, 1.807) is 6.07 Å². The Balaban J connectivity index is 2.25. The molecule has 0 aliphatic carbocycles. The summed E-state index contributed by atoms with van der Waals surface area (Å²) in [5.74, 6) is -0.283. The van der Waals surface area contributed by atoms with Crippen molar-refractivity contribution in [1.82, 2.24) is 4.90 Å². The summed E-state index contributed by atoms with van der Waals surface area (Å²) < 4.78 is 13.4. The zero-order valence-corrected chi connectivity index (χ0v) is 12.1. The SMILES string of the molecule is Cc1ccc(F)cc1C(O)C(C)(C)N1CCCCC1. The Morgan fingerprint density at radius 2 is 1.84 bits per heavy atom. The minimum Gasteiger partial charge on any atom is -0.386 e. The van der Waals surface area contributed by atoms with Gasteiger partial charge in [0.25, 0.3) is 0 Å². The lowest BCUT2D eigenvalue weighted by Crippen LogP contribution is -2.50. The van der Waals surface area contributed by atoms with Gasteiger partial charge in [0, 0.05) is 5.54 Å². The summed E-state index contributed by atoms with van der Waals surface area (Å²) in [7, 11) is 0. The van der Waals surface area contributed by atoms with Gasteiger partial charge in [-0.05, 0) is 70.0 Å². The summed E-state index contributed by atoms with van der Waals surface area (Å²) in [5.41, 5.74) is 1.29. The Kier molecular flexibility index (Phi) is 4.26. The van der Waals surface area contributed by atoms with E-state index in [4.69, 9.17) is 0 Å². The molecule has 1 aromatic carbocycles. The van der Waals surface area contributed by atoms with E-state index in [9.17, 15) is 9.50 Å². The van der Waals surface area contributed by atoms with E-state index in [0.29, 0.717) is 5.56 Å². The average Bonchev–Trinajstić information content (AvgIpc) is 2.41. The van der Waals surface area contributed by atoms with Crippen molar-refractivity contribution < 1.29 is 9.50 Å². The molecule has 3 heteroatoms. The zero-order chi connectivity index (χ0) is 14.0. The maximum atomic E-state index is 13.4. The highest BCUT2D eigenvalue weighted by Gasteiger charge is 2.36. The lowest BCUT2D eigenvalue weighted by atomic mass is 9.86. The number of hydrogen-bond acceptors (Lipinski definition) is 2. The van der Waals surface area contributed by atoms with E-state index < -0.39 is 6.10 Å². The molecule has 0 radical (unpaired) electrons. The first-order chi connectivity index (χ1) is 8.93. The monoisotopic (exact) mass is 265 g/mol. The number of hydrogen-bond donors (Lipinski definition) is 1. The van der Waals surface area contributed by atoms with Crippen LogP contribution in [0.15, 0.2) is 18.2 Å². The van der Waals surface area contributed by atoms with Crippen molar-refractivity contribution in [3.63, 3.8) is 0 Å². The van der Waals surface area contributed by atoms with Crippen LogP contribution in [0.5, 0.6) is 0 Å². The Hall–Kier alpha value is -0.930. The van der Waals surface area contributed by atoms with E-state index in [0.717, 1.165) is 18.7 Å². The number of halogens is 1. The fourth-order valence-corrected chi connectivity index (χ4v) is 2.93. The first-order valence-corrected chi connectivity index (χ1v) is 7.12. The fourth-order valence-electron chi connectivity index (χ4n) is 2.93. The van der Waals surface area contributed by atoms with Crippen molar-refractivity contribution in [2.24, 2.45) is 0 Å². The number of piperidine rings is 1. The first-order valence-electron chi connectivity index (χ1n) is 7.12. The Morgan fingerprint density at radius 1 is 1.21 bits per heavy atom. The number of benzene rings is 1. The van der Waals surface area contributed by atoms with Gasteiger partial charge in [-0.25, -0.2) is 4.39 Å². The predicted octanol–water partition coefficient (Wildman–Crippen LogP) is 3.43.